The molecule has 148 valence electrons. The number of nitrogens with one attached hydrogen (secondary N) is 1. The molecule has 0 radical (unpaired) electrons. The van der Waals surface area contributed by atoms with Crippen LogP contribution in [0.2, 0.25) is 0 Å². The van der Waals surface area contributed by atoms with Gasteiger partial charge in [-0.25, -0.2) is 0 Å². The molecule has 5 heteroatoms. The monoisotopic (exact) mass is 379 g/mol. The van der Waals surface area contributed by atoms with Gasteiger partial charge >= 0.3 is 0 Å². The van der Waals surface area contributed by atoms with E-state index in [4.69, 9.17) is 10.1 Å². The third-order valence-electron chi connectivity index (χ3n) is 4.88. The molecule has 3 rings (SSSR count). The highest BCUT2D eigenvalue weighted by atomic mass is 16.5. The van der Waals surface area contributed by atoms with Crippen LogP contribution in [-0.4, -0.2) is 53.6 Å². The van der Waals surface area contributed by atoms with E-state index in [-0.39, 0.29) is 6.61 Å². The second-order valence-corrected chi connectivity index (χ2v) is 7.37. The zero-order chi connectivity index (χ0) is 19.8. The molecule has 1 aromatic carbocycles. The summed E-state index contributed by atoms with van der Waals surface area (Å²) < 4.78 is 5.85. The Kier molecular flexibility index (Phi) is 7.34. The molecule has 0 fully saturated rings. The van der Waals surface area contributed by atoms with E-state index in [1.165, 1.54) is 5.57 Å². The molecule has 1 aromatic heterocycles. The molecule has 0 saturated carbocycles. The molecule has 28 heavy (non-hydrogen) atoms. The second kappa shape index (κ2) is 10.2. The van der Waals surface area contributed by atoms with Crippen molar-refractivity contribution in [3.8, 4) is 5.75 Å². The predicted octanol–water partition coefficient (Wildman–Crippen LogP) is 3.98. The van der Waals surface area contributed by atoms with Crippen molar-refractivity contribution in [2.45, 2.75) is 31.8 Å². The highest BCUT2D eigenvalue weighted by Gasteiger charge is 2.11. The third-order valence-corrected chi connectivity index (χ3v) is 4.88. The maximum absolute atomic E-state index is 10.3. The summed E-state index contributed by atoms with van der Waals surface area (Å²) in [6, 6.07) is 9.66. The average Bonchev–Trinajstić information content (AvgIpc) is 2.70. The topological polar surface area (TPSA) is 69.4 Å². The first-order valence-corrected chi connectivity index (χ1v) is 9.89. The van der Waals surface area contributed by atoms with Crippen LogP contribution in [0.15, 0.2) is 60.3 Å². The molecular weight excluding hydrogens is 350 g/mol. The van der Waals surface area contributed by atoms with Gasteiger partial charge in [0.25, 0.3) is 0 Å². The van der Waals surface area contributed by atoms with Crippen molar-refractivity contribution in [3.63, 3.8) is 0 Å². The highest BCUT2D eigenvalue weighted by molar-refractivity contribution is 6.02. The molecule has 5 nitrogen and oxygen atoms in total. The number of hydrogen-bond donors (Lipinski definition) is 2. The average molecular weight is 380 g/mol. The van der Waals surface area contributed by atoms with Crippen LogP contribution in [0.5, 0.6) is 5.75 Å². The van der Waals surface area contributed by atoms with Gasteiger partial charge in [-0.15, -0.1) is 0 Å². The Morgan fingerprint density at radius 3 is 3.00 bits per heavy atom. The quantitative estimate of drug-likeness (QED) is 0.613. The van der Waals surface area contributed by atoms with Crippen LogP contribution < -0.4 is 4.74 Å². The van der Waals surface area contributed by atoms with Crippen molar-refractivity contribution in [1.29, 1.82) is 5.41 Å². The highest BCUT2D eigenvalue weighted by Crippen LogP contribution is 2.23. The third kappa shape index (κ3) is 6.01. The summed E-state index contributed by atoms with van der Waals surface area (Å²) in [5, 5.41) is 19.0. The van der Waals surface area contributed by atoms with Crippen molar-refractivity contribution >= 4 is 16.6 Å². The Balaban J connectivity index is 1.36. The zero-order valence-corrected chi connectivity index (χ0v) is 16.5. The number of aromatic nitrogens is 1. The van der Waals surface area contributed by atoms with Crippen LogP contribution in [-0.2, 0) is 0 Å². The fourth-order valence-electron chi connectivity index (χ4n) is 3.46. The SMILES string of the molecule is CN(CCCCC1=CC(=N)C=CC1)CC(O)COc1cccc2ncccc12. The van der Waals surface area contributed by atoms with Crippen LogP contribution >= 0.6 is 0 Å². The molecule has 0 saturated heterocycles. The van der Waals surface area contributed by atoms with Gasteiger partial charge in [0.2, 0.25) is 0 Å². The smallest absolute Gasteiger partial charge is 0.128 e. The first-order valence-electron chi connectivity index (χ1n) is 9.89. The lowest BCUT2D eigenvalue weighted by Gasteiger charge is -2.21. The molecule has 0 aliphatic heterocycles. The van der Waals surface area contributed by atoms with Crippen LogP contribution in [0.25, 0.3) is 10.9 Å². The Morgan fingerprint density at radius 1 is 1.25 bits per heavy atom. The fourth-order valence-corrected chi connectivity index (χ4v) is 3.46. The molecule has 1 unspecified atom stereocenters. The maximum atomic E-state index is 10.3. The number of fused-ring (bicyclic) bond motifs is 1. The lowest BCUT2D eigenvalue weighted by Crippen LogP contribution is -2.33. The van der Waals surface area contributed by atoms with E-state index >= 15 is 0 Å². The van der Waals surface area contributed by atoms with Gasteiger partial charge in [-0.2, -0.15) is 0 Å². The molecule has 1 atom stereocenters. The predicted molar refractivity (Wildman–Crippen MR) is 114 cm³/mol. The van der Waals surface area contributed by atoms with Gasteiger partial charge in [0.15, 0.2) is 0 Å². The molecule has 2 aromatic rings. The number of aliphatic hydroxyl groups excluding tert-OH is 1. The molecule has 2 N–H and O–H groups in total. The van der Waals surface area contributed by atoms with Crippen molar-refractivity contribution in [3.05, 3.63) is 60.3 Å². The van der Waals surface area contributed by atoms with Gasteiger partial charge in [-0.05, 0) is 75.7 Å². The Hall–Kier alpha value is -2.50. The van der Waals surface area contributed by atoms with Crippen LogP contribution in [0.4, 0.5) is 0 Å². The number of benzene rings is 1. The summed E-state index contributed by atoms with van der Waals surface area (Å²) in [7, 11) is 2.03. The lowest BCUT2D eigenvalue weighted by atomic mass is 9.99. The van der Waals surface area contributed by atoms with Crippen molar-refractivity contribution in [2.24, 2.45) is 0 Å². The lowest BCUT2D eigenvalue weighted by molar-refractivity contribution is 0.0765. The van der Waals surface area contributed by atoms with E-state index in [1.54, 1.807) is 6.20 Å². The number of likely N-dealkylation sites (N-methyl/N-ethyl adjacent to an activating group) is 1. The van der Waals surface area contributed by atoms with Crippen LogP contribution in [0.3, 0.4) is 0 Å². The minimum Gasteiger partial charge on any atom is -0.490 e. The fraction of sp³-hybridized carbons (Fsp3) is 0.391. The van der Waals surface area contributed by atoms with Crippen molar-refractivity contribution in [1.82, 2.24) is 9.88 Å². The van der Waals surface area contributed by atoms with Gasteiger partial charge in [0.1, 0.15) is 18.5 Å². The van der Waals surface area contributed by atoms with E-state index in [9.17, 15) is 5.11 Å². The Bertz CT molecular complexity index is 855. The molecular formula is C23H29N3O2. The number of aliphatic hydroxyl groups is 1. The summed E-state index contributed by atoms with van der Waals surface area (Å²) in [4.78, 5) is 6.48. The standard InChI is InChI=1S/C23H29N3O2/c1-26(14-3-2-7-18-8-4-9-19(24)15-18)16-20(27)17-28-23-12-5-11-22-21(23)10-6-13-25-22/h4-6,9-13,15,20,24,27H,2-3,7-8,14,16-17H2,1H3. The molecule has 1 heterocycles. The summed E-state index contributed by atoms with van der Waals surface area (Å²) >= 11 is 0. The Labute approximate surface area is 166 Å². The van der Waals surface area contributed by atoms with Crippen molar-refractivity contribution < 1.29 is 9.84 Å². The minimum absolute atomic E-state index is 0.264. The molecule has 0 spiro atoms. The number of nitrogens with zero attached hydrogens (tertiary/aromatic N) is 2. The van der Waals surface area contributed by atoms with Gasteiger partial charge in [-0.3, -0.25) is 4.98 Å². The summed E-state index contributed by atoms with van der Waals surface area (Å²) in [6.45, 7) is 1.79. The van der Waals surface area contributed by atoms with E-state index in [2.05, 4.69) is 16.0 Å². The minimum atomic E-state index is -0.538. The number of ether oxygens (including phenoxy) is 1. The van der Waals surface area contributed by atoms with Gasteiger partial charge in [0.05, 0.1) is 11.2 Å². The number of unbranched alkanes of at least 4 members (excludes halogenated alkanes) is 1. The molecule has 1 aliphatic carbocycles. The van der Waals surface area contributed by atoms with E-state index in [0.717, 1.165) is 48.9 Å². The largest absolute Gasteiger partial charge is 0.490 e. The number of rotatable bonds is 10. The van der Waals surface area contributed by atoms with E-state index in [0.29, 0.717) is 12.3 Å². The van der Waals surface area contributed by atoms with E-state index < -0.39 is 6.10 Å². The normalized spacial score (nSPS) is 15.1. The van der Waals surface area contributed by atoms with Crippen LogP contribution in [0, 0.1) is 5.41 Å². The molecule has 0 bridgehead atoms. The zero-order valence-electron chi connectivity index (χ0n) is 16.5. The van der Waals surface area contributed by atoms with Crippen LogP contribution in [0.1, 0.15) is 25.7 Å². The maximum Gasteiger partial charge on any atom is 0.128 e. The van der Waals surface area contributed by atoms with E-state index in [1.807, 2.05) is 49.5 Å². The van der Waals surface area contributed by atoms with Crippen molar-refractivity contribution in [2.75, 3.05) is 26.7 Å². The van der Waals surface area contributed by atoms with Gasteiger partial charge in [-0.1, -0.05) is 17.7 Å². The second-order valence-electron chi connectivity index (χ2n) is 7.37. The summed E-state index contributed by atoms with van der Waals surface area (Å²) in [6.07, 6.45) is 11.3. The van der Waals surface area contributed by atoms with Gasteiger partial charge < -0.3 is 20.2 Å². The summed E-state index contributed by atoms with van der Waals surface area (Å²) in [5.41, 5.74) is 2.84. The first kappa shape index (κ1) is 20.2. The van der Waals surface area contributed by atoms with Gasteiger partial charge in [0, 0.05) is 18.1 Å². The molecule has 0 amide bonds. The number of pyridine rings is 1. The number of allylic oxidation sites excluding steroid dienone is 4. The molecule has 1 aliphatic rings. The first-order chi connectivity index (χ1) is 13.6. The summed E-state index contributed by atoms with van der Waals surface area (Å²) in [5.74, 6) is 0.757. The Morgan fingerprint density at radius 2 is 2.14 bits per heavy atom. The number of hydrogen-bond acceptors (Lipinski definition) is 5.